The zero-order chi connectivity index (χ0) is 11.8. The molecule has 1 aromatic carbocycles. The van der Waals surface area contributed by atoms with Crippen LogP contribution in [0.25, 0.3) is 0 Å². The molecule has 0 saturated heterocycles. The van der Waals surface area contributed by atoms with Crippen LogP contribution in [0.3, 0.4) is 0 Å². The molecule has 0 aliphatic rings. The van der Waals surface area contributed by atoms with E-state index in [0.29, 0.717) is 5.02 Å². The molecule has 0 N–H and O–H groups in total. The predicted molar refractivity (Wildman–Crippen MR) is 73.9 cm³/mol. The molecule has 0 bridgehead atoms. The van der Waals surface area contributed by atoms with Gasteiger partial charge in [0.1, 0.15) is 5.75 Å². The van der Waals surface area contributed by atoms with Gasteiger partial charge in [-0.05, 0) is 37.5 Å². The lowest BCUT2D eigenvalue weighted by Crippen LogP contribution is -1.98. The molecular weight excluding hydrogens is 287 g/mol. The summed E-state index contributed by atoms with van der Waals surface area (Å²) in [6.45, 7) is 2.78. The van der Waals surface area contributed by atoms with Crippen LogP contribution in [0.4, 0.5) is 0 Å². The van der Waals surface area contributed by atoms with Crippen LogP contribution in [-0.4, -0.2) is 11.9 Å². The first kappa shape index (κ1) is 13.9. The molecule has 0 aliphatic carbocycles. The van der Waals surface area contributed by atoms with Gasteiger partial charge in [0.25, 0.3) is 0 Å². The fourth-order valence-electron chi connectivity index (χ4n) is 1.46. The summed E-state index contributed by atoms with van der Waals surface area (Å²) in [4.78, 5) is 0. The average Bonchev–Trinajstić information content (AvgIpc) is 2.26. The van der Waals surface area contributed by atoms with Crippen molar-refractivity contribution >= 4 is 27.5 Å². The molecule has 0 radical (unpaired) electrons. The maximum absolute atomic E-state index is 6.06. The Labute approximate surface area is 111 Å². The Kier molecular flexibility index (Phi) is 6.90. The first-order chi connectivity index (χ1) is 7.74. The highest BCUT2D eigenvalue weighted by Crippen LogP contribution is 2.25. The van der Waals surface area contributed by atoms with E-state index >= 15 is 0 Å². The topological polar surface area (TPSA) is 9.23 Å². The van der Waals surface area contributed by atoms with E-state index in [9.17, 15) is 0 Å². The molecule has 0 aromatic heterocycles. The van der Waals surface area contributed by atoms with Crippen LogP contribution in [0.15, 0.2) is 18.2 Å². The molecule has 1 aromatic rings. The number of unbranched alkanes of at least 4 members (excludes halogenated alkanes) is 3. The van der Waals surface area contributed by atoms with Gasteiger partial charge in [-0.25, -0.2) is 0 Å². The van der Waals surface area contributed by atoms with Crippen LogP contribution >= 0.6 is 27.5 Å². The second-order valence-electron chi connectivity index (χ2n) is 3.89. The van der Waals surface area contributed by atoms with Crippen LogP contribution in [0.5, 0.6) is 5.75 Å². The summed E-state index contributed by atoms with van der Waals surface area (Å²) in [6, 6.07) is 5.89. The molecule has 1 rings (SSSR count). The van der Waals surface area contributed by atoms with E-state index in [1.54, 1.807) is 0 Å². The Hall–Kier alpha value is -0.210. The standard InChI is InChI=1S/C13H18BrClO/c1-11-6-7-13(12(15)10-11)16-9-5-3-2-4-8-14/h6-7,10H,2-5,8-9H2,1H3. The molecule has 90 valence electrons. The molecule has 16 heavy (non-hydrogen) atoms. The van der Waals surface area contributed by atoms with E-state index < -0.39 is 0 Å². The Balaban J connectivity index is 2.21. The van der Waals surface area contributed by atoms with Gasteiger partial charge in [-0.3, -0.25) is 0 Å². The summed E-state index contributed by atoms with van der Waals surface area (Å²) in [5, 5.41) is 1.80. The van der Waals surface area contributed by atoms with Crippen molar-refractivity contribution in [2.24, 2.45) is 0 Å². The molecule has 1 nitrogen and oxygen atoms in total. The van der Waals surface area contributed by atoms with E-state index in [4.69, 9.17) is 16.3 Å². The summed E-state index contributed by atoms with van der Waals surface area (Å²) < 4.78 is 5.63. The summed E-state index contributed by atoms with van der Waals surface area (Å²) in [5.74, 6) is 0.799. The monoisotopic (exact) mass is 304 g/mol. The lowest BCUT2D eigenvalue weighted by atomic mass is 10.2. The fraction of sp³-hybridized carbons (Fsp3) is 0.538. The normalized spacial score (nSPS) is 10.4. The number of aryl methyl sites for hydroxylation is 1. The molecule has 0 aliphatic heterocycles. The van der Waals surface area contributed by atoms with Crippen LogP contribution in [0.2, 0.25) is 5.02 Å². The highest BCUT2D eigenvalue weighted by Gasteiger charge is 2.00. The van der Waals surface area contributed by atoms with Crippen molar-refractivity contribution in [1.29, 1.82) is 0 Å². The van der Waals surface area contributed by atoms with Crippen LogP contribution < -0.4 is 4.74 Å². The van der Waals surface area contributed by atoms with E-state index in [2.05, 4.69) is 15.9 Å². The molecule has 0 fully saturated rings. The van der Waals surface area contributed by atoms with Crippen molar-refractivity contribution in [3.8, 4) is 5.75 Å². The predicted octanol–water partition coefficient (Wildman–Crippen LogP) is 4.98. The Morgan fingerprint density at radius 3 is 2.62 bits per heavy atom. The maximum atomic E-state index is 6.06. The maximum Gasteiger partial charge on any atom is 0.137 e. The molecule has 0 atom stereocenters. The second-order valence-corrected chi connectivity index (χ2v) is 5.09. The number of alkyl halides is 1. The molecule has 0 spiro atoms. The number of hydrogen-bond donors (Lipinski definition) is 0. The Morgan fingerprint density at radius 2 is 1.94 bits per heavy atom. The summed E-state index contributed by atoms with van der Waals surface area (Å²) >= 11 is 9.48. The van der Waals surface area contributed by atoms with Crippen molar-refractivity contribution < 1.29 is 4.74 Å². The lowest BCUT2D eigenvalue weighted by Gasteiger charge is -2.08. The third-order valence-corrected chi connectivity index (χ3v) is 3.23. The van der Waals surface area contributed by atoms with Crippen molar-refractivity contribution in [3.63, 3.8) is 0 Å². The first-order valence-electron chi connectivity index (χ1n) is 5.69. The van der Waals surface area contributed by atoms with Gasteiger partial charge in [0, 0.05) is 5.33 Å². The van der Waals surface area contributed by atoms with Crippen molar-refractivity contribution in [1.82, 2.24) is 0 Å². The van der Waals surface area contributed by atoms with E-state index in [0.717, 1.165) is 29.7 Å². The minimum Gasteiger partial charge on any atom is -0.492 e. The molecule has 0 saturated carbocycles. The first-order valence-corrected chi connectivity index (χ1v) is 7.19. The van der Waals surface area contributed by atoms with Gasteiger partial charge in [-0.1, -0.05) is 46.4 Å². The van der Waals surface area contributed by atoms with E-state index in [1.165, 1.54) is 19.3 Å². The van der Waals surface area contributed by atoms with Crippen molar-refractivity contribution in [2.45, 2.75) is 32.6 Å². The molecule has 0 unspecified atom stereocenters. The highest BCUT2D eigenvalue weighted by atomic mass is 79.9. The average molecular weight is 306 g/mol. The zero-order valence-electron chi connectivity index (χ0n) is 9.64. The fourth-order valence-corrected chi connectivity index (χ4v) is 2.14. The Bertz CT molecular complexity index is 315. The van der Waals surface area contributed by atoms with Gasteiger partial charge in [0.05, 0.1) is 11.6 Å². The van der Waals surface area contributed by atoms with Gasteiger partial charge in [-0.15, -0.1) is 0 Å². The highest BCUT2D eigenvalue weighted by molar-refractivity contribution is 9.09. The number of benzene rings is 1. The van der Waals surface area contributed by atoms with Gasteiger partial charge in [-0.2, -0.15) is 0 Å². The van der Waals surface area contributed by atoms with Crippen LogP contribution in [-0.2, 0) is 0 Å². The molecule has 0 amide bonds. The molecular formula is C13H18BrClO. The van der Waals surface area contributed by atoms with E-state index in [1.807, 2.05) is 25.1 Å². The third kappa shape index (κ3) is 5.22. The molecule has 3 heteroatoms. The van der Waals surface area contributed by atoms with Crippen molar-refractivity contribution in [3.05, 3.63) is 28.8 Å². The smallest absolute Gasteiger partial charge is 0.137 e. The second kappa shape index (κ2) is 7.97. The number of halogens is 2. The van der Waals surface area contributed by atoms with Gasteiger partial charge in [0.15, 0.2) is 0 Å². The number of hydrogen-bond acceptors (Lipinski definition) is 1. The third-order valence-electron chi connectivity index (χ3n) is 2.37. The lowest BCUT2D eigenvalue weighted by molar-refractivity contribution is 0.305. The van der Waals surface area contributed by atoms with E-state index in [-0.39, 0.29) is 0 Å². The minimum atomic E-state index is 0.709. The number of ether oxygens (including phenoxy) is 1. The van der Waals surface area contributed by atoms with Crippen LogP contribution in [0, 0.1) is 6.92 Å². The largest absolute Gasteiger partial charge is 0.492 e. The zero-order valence-corrected chi connectivity index (χ0v) is 12.0. The minimum absolute atomic E-state index is 0.709. The SMILES string of the molecule is Cc1ccc(OCCCCCCBr)c(Cl)c1. The summed E-state index contributed by atoms with van der Waals surface area (Å²) in [5.41, 5.74) is 1.16. The van der Waals surface area contributed by atoms with Crippen LogP contribution in [0.1, 0.15) is 31.2 Å². The Morgan fingerprint density at radius 1 is 1.19 bits per heavy atom. The van der Waals surface area contributed by atoms with Gasteiger partial charge >= 0.3 is 0 Å². The van der Waals surface area contributed by atoms with Crippen molar-refractivity contribution in [2.75, 3.05) is 11.9 Å². The quantitative estimate of drug-likeness (QED) is 0.510. The summed E-state index contributed by atoms with van der Waals surface area (Å²) in [6.07, 6.45) is 4.81. The molecule has 0 heterocycles. The number of rotatable bonds is 7. The van der Waals surface area contributed by atoms with Gasteiger partial charge in [0.2, 0.25) is 0 Å². The summed E-state index contributed by atoms with van der Waals surface area (Å²) in [7, 11) is 0. The van der Waals surface area contributed by atoms with Gasteiger partial charge < -0.3 is 4.74 Å².